The highest BCUT2D eigenvalue weighted by Crippen LogP contribution is 2.39. The quantitative estimate of drug-likeness (QED) is 0.230. The number of fused-ring (bicyclic) bond motifs is 9. The molecule has 0 spiro atoms. The van der Waals surface area contributed by atoms with Crippen LogP contribution >= 0.6 is 11.3 Å². The van der Waals surface area contributed by atoms with Gasteiger partial charge >= 0.3 is 0 Å². The zero-order valence-corrected chi connectivity index (χ0v) is 21.7. The van der Waals surface area contributed by atoms with Gasteiger partial charge in [-0.15, -0.1) is 11.3 Å². The van der Waals surface area contributed by atoms with Gasteiger partial charge in [0.25, 0.3) is 0 Å². The minimum atomic E-state index is 0.923. The molecular weight excluding hydrogens is 482 g/mol. The summed E-state index contributed by atoms with van der Waals surface area (Å²) < 4.78 is 11.2. The van der Waals surface area contributed by atoms with Crippen LogP contribution in [-0.2, 0) is 0 Å². The standard InChI is InChI=1S/C35H23NOS/c1-3-10-28-22(4-2)27-20-26-21(17-18-32-34(26)25-12-5-7-15-31(25)37-32)19-30(27)36(28)29-14-9-13-24-23-11-6-8-16-33(23)38-35(24)29/h3-20H,1H2,2H3/b22-4-,28-10+. The maximum absolute atomic E-state index is 6.21. The van der Waals surface area contributed by atoms with Gasteiger partial charge in [-0.25, -0.2) is 0 Å². The molecule has 2 nitrogen and oxygen atoms in total. The number of furan rings is 1. The van der Waals surface area contributed by atoms with Gasteiger partial charge in [0.1, 0.15) is 11.2 Å². The van der Waals surface area contributed by atoms with Gasteiger partial charge in [0.05, 0.1) is 21.3 Å². The number of hydrogen-bond acceptors (Lipinski definition) is 2. The summed E-state index contributed by atoms with van der Waals surface area (Å²) >= 11 is 1.86. The summed E-state index contributed by atoms with van der Waals surface area (Å²) in [5.74, 6) is 0. The molecule has 0 unspecified atom stereocenters. The number of para-hydroxylation sites is 1. The molecule has 0 atom stereocenters. The Kier molecular flexibility index (Phi) is 4.49. The van der Waals surface area contributed by atoms with Crippen molar-refractivity contribution in [3.05, 3.63) is 114 Å². The Labute approximate surface area is 222 Å². The van der Waals surface area contributed by atoms with Gasteiger partial charge in [-0.05, 0) is 60.2 Å². The molecule has 0 aliphatic heterocycles. The van der Waals surface area contributed by atoms with Crippen LogP contribution in [0.1, 0.15) is 6.92 Å². The number of rotatable bonds is 2. The van der Waals surface area contributed by atoms with Crippen molar-refractivity contribution in [2.75, 3.05) is 0 Å². The molecule has 0 saturated heterocycles. The lowest BCUT2D eigenvalue weighted by Gasteiger charge is -2.09. The van der Waals surface area contributed by atoms with Gasteiger partial charge in [0.2, 0.25) is 0 Å². The molecule has 0 aliphatic rings. The van der Waals surface area contributed by atoms with Gasteiger partial charge in [-0.2, -0.15) is 0 Å². The van der Waals surface area contributed by atoms with Crippen LogP contribution in [0.5, 0.6) is 0 Å². The van der Waals surface area contributed by atoms with E-state index < -0.39 is 0 Å². The SMILES string of the molecule is C=C/C=c1\c(=C/C)c2cc3c(ccc4oc5ccccc5c43)cc2n1-c1cccc2c1sc1ccccc12. The molecule has 0 N–H and O–H groups in total. The maximum atomic E-state index is 6.21. The minimum absolute atomic E-state index is 0.923. The predicted molar refractivity (Wildman–Crippen MR) is 165 cm³/mol. The molecule has 0 radical (unpaired) electrons. The smallest absolute Gasteiger partial charge is 0.136 e. The van der Waals surface area contributed by atoms with E-state index in [4.69, 9.17) is 4.42 Å². The van der Waals surface area contributed by atoms with E-state index in [1.54, 1.807) is 0 Å². The summed E-state index contributed by atoms with van der Waals surface area (Å²) in [6.45, 7) is 6.19. The van der Waals surface area contributed by atoms with Crippen molar-refractivity contribution < 1.29 is 4.42 Å². The van der Waals surface area contributed by atoms with E-state index in [0.717, 1.165) is 21.9 Å². The topological polar surface area (TPSA) is 18.1 Å². The Balaban J connectivity index is 1.57. The van der Waals surface area contributed by atoms with Crippen LogP contribution in [0.4, 0.5) is 0 Å². The fourth-order valence-electron chi connectivity index (χ4n) is 6.12. The second-order valence-corrected chi connectivity index (χ2v) is 10.8. The van der Waals surface area contributed by atoms with Gasteiger partial charge < -0.3 is 8.98 Å². The summed E-state index contributed by atoms with van der Waals surface area (Å²) in [7, 11) is 0. The lowest BCUT2D eigenvalue weighted by molar-refractivity contribution is 0.669. The highest BCUT2D eigenvalue weighted by atomic mass is 32.1. The van der Waals surface area contributed by atoms with Crippen LogP contribution in [0.25, 0.3) is 81.6 Å². The van der Waals surface area contributed by atoms with Gasteiger partial charge in [0.15, 0.2) is 0 Å². The van der Waals surface area contributed by atoms with E-state index in [1.807, 2.05) is 29.5 Å². The number of nitrogens with zero attached hydrogens (tertiary/aromatic N) is 1. The van der Waals surface area contributed by atoms with Crippen molar-refractivity contribution in [1.29, 1.82) is 0 Å². The van der Waals surface area contributed by atoms with Gasteiger partial charge in [-0.1, -0.05) is 73.3 Å². The first-order chi connectivity index (χ1) is 18.8. The molecule has 5 aromatic carbocycles. The monoisotopic (exact) mass is 505 g/mol. The van der Waals surface area contributed by atoms with Gasteiger partial charge in [-0.3, -0.25) is 0 Å². The summed E-state index contributed by atoms with van der Waals surface area (Å²) in [5.41, 5.74) is 4.24. The number of hydrogen-bond donors (Lipinski definition) is 0. The number of aromatic nitrogens is 1. The van der Waals surface area contributed by atoms with Crippen LogP contribution in [0.3, 0.4) is 0 Å². The Morgan fingerprint density at radius 1 is 0.763 bits per heavy atom. The maximum Gasteiger partial charge on any atom is 0.136 e. The molecule has 0 aliphatic carbocycles. The average Bonchev–Trinajstić information content (AvgIpc) is 3.61. The molecular formula is C35H23NOS. The second-order valence-electron chi connectivity index (χ2n) is 9.70. The summed E-state index contributed by atoms with van der Waals surface area (Å²) in [4.78, 5) is 0. The molecule has 0 amide bonds. The zero-order chi connectivity index (χ0) is 25.4. The number of thiophene rings is 1. The summed E-state index contributed by atoms with van der Waals surface area (Å²) in [6.07, 6.45) is 6.25. The van der Waals surface area contributed by atoms with Crippen LogP contribution in [0, 0.1) is 0 Å². The molecule has 8 aromatic rings. The Morgan fingerprint density at radius 2 is 1.58 bits per heavy atom. The lowest BCUT2D eigenvalue weighted by Crippen LogP contribution is -2.27. The number of benzene rings is 5. The first kappa shape index (κ1) is 21.5. The number of allylic oxidation sites excluding steroid dienone is 1. The Hall–Kier alpha value is -4.60. The van der Waals surface area contributed by atoms with Crippen molar-refractivity contribution >= 4 is 87.3 Å². The van der Waals surface area contributed by atoms with Crippen LogP contribution in [0.15, 0.2) is 108 Å². The third-order valence-electron chi connectivity index (χ3n) is 7.71. The van der Waals surface area contributed by atoms with E-state index >= 15 is 0 Å². The zero-order valence-electron chi connectivity index (χ0n) is 20.9. The summed E-state index contributed by atoms with van der Waals surface area (Å²) in [6, 6.07) is 32.6. The molecule has 3 heteroatoms. The van der Waals surface area contributed by atoms with E-state index in [-0.39, 0.29) is 0 Å². The van der Waals surface area contributed by atoms with E-state index in [1.165, 1.54) is 58.1 Å². The highest BCUT2D eigenvalue weighted by molar-refractivity contribution is 7.26. The minimum Gasteiger partial charge on any atom is -0.456 e. The molecule has 0 bridgehead atoms. The van der Waals surface area contributed by atoms with Crippen LogP contribution < -0.4 is 10.6 Å². The fraction of sp³-hybridized carbons (Fsp3) is 0.0286. The van der Waals surface area contributed by atoms with Crippen LogP contribution in [0.2, 0.25) is 0 Å². The van der Waals surface area contributed by atoms with Gasteiger partial charge in [0, 0.05) is 36.8 Å². The van der Waals surface area contributed by atoms with E-state index in [9.17, 15) is 0 Å². The molecule has 0 saturated carbocycles. The fourth-order valence-corrected chi connectivity index (χ4v) is 7.33. The average molecular weight is 506 g/mol. The molecule has 0 fully saturated rings. The Morgan fingerprint density at radius 3 is 2.45 bits per heavy atom. The predicted octanol–water partition coefficient (Wildman–Crippen LogP) is 8.82. The van der Waals surface area contributed by atoms with Crippen molar-refractivity contribution in [2.45, 2.75) is 6.92 Å². The van der Waals surface area contributed by atoms with E-state index in [2.05, 4.69) is 109 Å². The highest BCUT2D eigenvalue weighted by Gasteiger charge is 2.17. The van der Waals surface area contributed by atoms with Crippen molar-refractivity contribution in [3.63, 3.8) is 0 Å². The first-order valence-electron chi connectivity index (χ1n) is 12.8. The molecule has 8 rings (SSSR count). The molecule has 3 aromatic heterocycles. The first-order valence-corrected chi connectivity index (χ1v) is 13.7. The van der Waals surface area contributed by atoms with Crippen molar-refractivity contribution in [2.24, 2.45) is 0 Å². The third-order valence-corrected chi connectivity index (χ3v) is 8.92. The van der Waals surface area contributed by atoms with Crippen molar-refractivity contribution in [1.82, 2.24) is 4.57 Å². The third kappa shape index (κ3) is 2.82. The largest absolute Gasteiger partial charge is 0.456 e. The van der Waals surface area contributed by atoms with E-state index in [0.29, 0.717) is 0 Å². The summed E-state index contributed by atoms with van der Waals surface area (Å²) in [5, 5.41) is 10.9. The normalized spacial score (nSPS) is 13.3. The lowest BCUT2D eigenvalue weighted by atomic mass is 10.0. The Bertz CT molecular complexity index is 2380. The van der Waals surface area contributed by atoms with Crippen molar-refractivity contribution in [3.8, 4) is 5.69 Å². The molecule has 3 heterocycles. The second kappa shape index (κ2) is 7.95. The molecule has 180 valence electrons. The molecule has 38 heavy (non-hydrogen) atoms. The van der Waals surface area contributed by atoms with Crippen LogP contribution in [-0.4, -0.2) is 4.57 Å².